The molecule has 0 N–H and O–H groups in total. The molecule has 1 heterocycles. The van der Waals surface area contributed by atoms with Crippen LogP contribution in [0.3, 0.4) is 0 Å². The van der Waals surface area contributed by atoms with Crippen molar-refractivity contribution in [2.75, 3.05) is 26.3 Å². The Bertz CT molecular complexity index is 617. The minimum Gasteiger partial charge on any atom is -0.466 e. The normalized spacial score (nSPS) is 24.2. The molecule has 1 aliphatic carbocycles. The molecule has 2 fully saturated rings. The lowest BCUT2D eigenvalue weighted by Crippen LogP contribution is -2.61. The maximum absolute atomic E-state index is 13.3. The molecule has 0 radical (unpaired) electrons. The van der Waals surface area contributed by atoms with E-state index in [1.165, 1.54) is 0 Å². The van der Waals surface area contributed by atoms with Gasteiger partial charge in [0.05, 0.1) is 25.2 Å². The highest BCUT2D eigenvalue weighted by atomic mass is 16.8. The first-order chi connectivity index (χ1) is 14.6. The van der Waals surface area contributed by atoms with Gasteiger partial charge in [0.2, 0.25) is 0 Å². The quantitative estimate of drug-likeness (QED) is 0.317. The van der Waals surface area contributed by atoms with Gasteiger partial charge in [-0.15, -0.1) is 0 Å². The molecular formula is C22H37NO8. The average molecular weight is 444 g/mol. The Hall–Kier alpha value is -1.87. The largest absolute Gasteiger partial charge is 0.512 e. The number of likely N-dealkylation sites (tertiary alicyclic amines) is 1. The fourth-order valence-electron chi connectivity index (χ4n) is 3.90. The molecule has 1 unspecified atom stereocenters. The van der Waals surface area contributed by atoms with Crippen LogP contribution in [0.4, 0.5) is 4.79 Å². The summed E-state index contributed by atoms with van der Waals surface area (Å²) in [6, 6.07) is 0. The van der Waals surface area contributed by atoms with E-state index in [9.17, 15) is 14.4 Å². The van der Waals surface area contributed by atoms with E-state index in [0.29, 0.717) is 45.4 Å². The van der Waals surface area contributed by atoms with Crippen LogP contribution in [0.2, 0.25) is 0 Å². The van der Waals surface area contributed by atoms with Crippen molar-refractivity contribution in [3.05, 3.63) is 0 Å². The van der Waals surface area contributed by atoms with Gasteiger partial charge in [-0.2, -0.15) is 0 Å². The van der Waals surface area contributed by atoms with Gasteiger partial charge >= 0.3 is 24.0 Å². The van der Waals surface area contributed by atoms with Gasteiger partial charge in [0.25, 0.3) is 0 Å². The van der Waals surface area contributed by atoms with Crippen molar-refractivity contribution in [2.45, 2.75) is 90.8 Å². The van der Waals surface area contributed by atoms with Gasteiger partial charge in [0, 0.05) is 13.1 Å². The Labute approximate surface area is 184 Å². The van der Waals surface area contributed by atoms with Crippen LogP contribution in [-0.4, -0.2) is 66.9 Å². The lowest BCUT2D eigenvalue weighted by molar-refractivity contribution is -0.310. The van der Waals surface area contributed by atoms with Crippen LogP contribution >= 0.6 is 0 Å². The second kappa shape index (κ2) is 11.1. The maximum Gasteiger partial charge on any atom is 0.512 e. The lowest BCUT2D eigenvalue weighted by Gasteiger charge is -2.41. The highest BCUT2D eigenvalue weighted by molar-refractivity contribution is 5.80. The summed E-state index contributed by atoms with van der Waals surface area (Å²) in [6.07, 6.45) is 2.54. The lowest BCUT2D eigenvalue weighted by atomic mass is 9.87. The van der Waals surface area contributed by atoms with E-state index in [1.807, 2.05) is 0 Å². The Morgan fingerprint density at radius 3 is 1.97 bits per heavy atom. The summed E-state index contributed by atoms with van der Waals surface area (Å²) in [4.78, 5) is 39.4. The van der Waals surface area contributed by atoms with Crippen molar-refractivity contribution in [1.29, 1.82) is 0 Å². The van der Waals surface area contributed by atoms with Gasteiger partial charge in [0.15, 0.2) is 0 Å². The smallest absolute Gasteiger partial charge is 0.466 e. The monoisotopic (exact) mass is 443 g/mol. The van der Waals surface area contributed by atoms with Crippen molar-refractivity contribution >= 4 is 18.1 Å². The highest BCUT2D eigenvalue weighted by Crippen LogP contribution is 2.35. The minimum absolute atomic E-state index is 0.105. The molecule has 0 aromatic rings. The molecule has 1 atom stereocenters. The topological polar surface area (TPSA) is 101 Å². The standard InChI is InChI=1S/C22H37NO8/c1-6-27-18(24)16-10-12-17(13-11-16)29-22(23-14-8-9-15-23,31-20(26)28-7-2)19(25)30-21(3,4)5/h16-17H,6-15H2,1-5H3. The van der Waals surface area contributed by atoms with Crippen LogP contribution in [0.5, 0.6) is 0 Å². The number of ether oxygens (including phenoxy) is 5. The van der Waals surface area contributed by atoms with Crippen LogP contribution in [0.1, 0.15) is 73.1 Å². The van der Waals surface area contributed by atoms with E-state index < -0.39 is 23.6 Å². The van der Waals surface area contributed by atoms with Gasteiger partial charge in [-0.1, -0.05) is 0 Å². The molecule has 2 rings (SSSR count). The van der Waals surface area contributed by atoms with Crippen LogP contribution in [-0.2, 0) is 33.3 Å². The van der Waals surface area contributed by atoms with Crippen LogP contribution in [0, 0.1) is 5.92 Å². The average Bonchev–Trinajstić information content (AvgIpc) is 3.22. The van der Waals surface area contributed by atoms with Crippen LogP contribution in [0.15, 0.2) is 0 Å². The first-order valence-corrected chi connectivity index (χ1v) is 11.3. The molecule has 178 valence electrons. The van der Waals surface area contributed by atoms with Gasteiger partial charge in [-0.05, 0) is 73.1 Å². The first kappa shape index (κ1) is 25.4. The summed E-state index contributed by atoms with van der Waals surface area (Å²) in [5.41, 5.74) is -0.801. The summed E-state index contributed by atoms with van der Waals surface area (Å²) >= 11 is 0. The molecule has 0 bridgehead atoms. The second-order valence-corrected chi connectivity index (χ2v) is 8.91. The highest BCUT2D eigenvalue weighted by Gasteiger charge is 2.55. The number of esters is 2. The molecule has 1 aliphatic heterocycles. The Morgan fingerprint density at radius 2 is 1.45 bits per heavy atom. The molecule has 0 aromatic carbocycles. The number of nitrogens with zero attached hydrogens (tertiary/aromatic N) is 1. The van der Waals surface area contributed by atoms with E-state index in [2.05, 4.69) is 0 Å². The number of carbonyl (C=O) groups excluding carboxylic acids is 3. The zero-order valence-electron chi connectivity index (χ0n) is 19.4. The summed E-state index contributed by atoms with van der Waals surface area (Å²) < 4.78 is 27.5. The maximum atomic E-state index is 13.3. The van der Waals surface area contributed by atoms with Gasteiger partial charge < -0.3 is 23.7 Å². The molecule has 1 saturated heterocycles. The summed E-state index contributed by atoms with van der Waals surface area (Å²) in [6.45, 7) is 10.2. The molecule has 0 aromatic heterocycles. The second-order valence-electron chi connectivity index (χ2n) is 8.91. The molecule has 31 heavy (non-hydrogen) atoms. The fraction of sp³-hybridized carbons (Fsp3) is 0.864. The van der Waals surface area contributed by atoms with Crippen molar-refractivity contribution in [3.8, 4) is 0 Å². The molecule has 0 spiro atoms. The molecule has 9 heteroatoms. The van der Waals surface area contributed by atoms with Gasteiger partial charge in [0.1, 0.15) is 5.60 Å². The fourth-order valence-corrected chi connectivity index (χ4v) is 3.90. The van der Waals surface area contributed by atoms with Crippen molar-refractivity contribution in [3.63, 3.8) is 0 Å². The van der Waals surface area contributed by atoms with Gasteiger partial charge in [-0.3, -0.25) is 4.79 Å². The SMILES string of the molecule is CCOC(=O)OC(OC1CCC(C(=O)OCC)CC1)(C(=O)OC(C)(C)C)N1CCCC1. The van der Waals surface area contributed by atoms with Crippen LogP contribution in [0.25, 0.3) is 0 Å². The molecule has 2 aliphatic rings. The zero-order chi connectivity index (χ0) is 23.1. The first-order valence-electron chi connectivity index (χ1n) is 11.3. The molecule has 1 saturated carbocycles. The van der Waals surface area contributed by atoms with E-state index >= 15 is 0 Å². The van der Waals surface area contributed by atoms with Crippen molar-refractivity contribution in [2.24, 2.45) is 5.92 Å². The minimum atomic E-state index is -2.02. The number of hydrogen-bond donors (Lipinski definition) is 0. The zero-order valence-corrected chi connectivity index (χ0v) is 19.4. The third-order valence-electron chi connectivity index (χ3n) is 5.28. The molecule has 9 nitrogen and oxygen atoms in total. The molecule has 0 amide bonds. The van der Waals surface area contributed by atoms with Gasteiger partial charge in [-0.25, -0.2) is 14.5 Å². The van der Waals surface area contributed by atoms with Crippen molar-refractivity contribution in [1.82, 2.24) is 4.90 Å². The third-order valence-corrected chi connectivity index (χ3v) is 5.28. The van der Waals surface area contributed by atoms with E-state index in [4.69, 9.17) is 23.7 Å². The van der Waals surface area contributed by atoms with E-state index in [-0.39, 0.29) is 24.6 Å². The van der Waals surface area contributed by atoms with E-state index in [0.717, 1.165) is 12.8 Å². The predicted molar refractivity (Wildman–Crippen MR) is 111 cm³/mol. The number of hydrogen-bond acceptors (Lipinski definition) is 9. The molecular weight excluding hydrogens is 406 g/mol. The summed E-state index contributed by atoms with van der Waals surface area (Å²) in [5, 5.41) is 0. The van der Waals surface area contributed by atoms with Crippen molar-refractivity contribution < 1.29 is 38.1 Å². The van der Waals surface area contributed by atoms with E-state index in [1.54, 1.807) is 39.5 Å². The summed E-state index contributed by atoms with van der Waals surface area (Å²) in [7, 11) is 0. The Balaban J connectivity index is 2.24. The Morgan fingerprint density at radius 1 is 0.871 bits per heavy atom. The van der Waals surface area contributed by atoms with Crippen LogP contribution < -0.4 is 0 Å². The Kier molecular flexibility index (Phi) is 9.12. The summed E-state index contributed by atoms with van der Waals surface area (Å²) in [5.74, 6) is -3.19. The third kappa shape index (κ3) is 7.07. The predicted octanol–water partition coefficient (Wildman–Crippen LogP) is 3.39. The number of rotatable bonds is 8. The number of carbonyl (C=O) groups is 3.